The summed E-state index contributed by atoms with van der Waals surface area (Å²) < 4.78 is 7.78. The Balaban J connectivity index is 1.75. The predicted octanol–water partition coefficient (Wildman–Crippen LogP) is 4.42. The molecule has 0 saturated carbocycles. The Hall–Kier alpha value is -1.67. The normalized spacial score (nSPS) is 11.2. The molecule has 0 aliphatic rings. The van der Waals surface area contributed by atoms with Crippen LogP contribution in [-0.4, -0.2) is 33.8 Å². The lowest BCUT2D eigenvalue weighted by atomic mass is 10.2. The number of thiophene rings is 1. The van der Waals surface area contributed by atoms with Gasteiger partial charge >= 0.3 is 0 Å². The summed E-state index contributed by atoms with van der Waals surface area (Å²) in [5, 5.41) is 5.96. The lowest BCUT2D eigenvalue weighted by Crippen LogP contribution is -2.22. The monoisotopic (exact) mass is 380 g/mol. The average Bonchev–Trinajstić information content (AvgIpc) is 3.18. The second-order valence-electron chi connectivity index (χ2n) is 5.37. The summed E-state index contributed by atoms with van der Waals surface area (Å²) in [6.45, 7) is 1.27. The van der Waals surface area contributed by atoms with Crippen molar-refractivity contribution in [1.82, 2.24) is 19.7 Å². The fraction of sp³-hybridized carbons (Fsp3) is 0.250. The number of nitrogens with zero attached hydrogens (tertiary/aromatic N) is 3. The van der Waals surface area contributed by atoms with E-state index in [1.165, 1.54) is 0 Å². The molecule has 1 aromatic carbocycles. The molecule has 2 heterocycles. The van der Waals surface area contributed by atoms with E-state index in [2.05, 4.69) is 15.0 Å². The molecule has 0 radical (unpaired) electrons. The van der Waals surface area contributed by atoms with Crippen LogP contribution < -0.4 is 4.74 Å². The third-order valence-electron chi connectivity index (χ3n) is 3.50. The number of benzene rings is 1. The second-order valence-corrected chi connectivity index (χ2v) is 7.12. The van der Waals surface area contributed by atoms with Gasteiger partial charge in [0.1, 0.15) is 5.75 Å². The van der Waals surface area contributed by atoms with Gasteiger partial charge in [0.05, 0.1) is 18.7 Å². The number of H-pyrrole nitrogens is 1. The third-order valence-corrected chi connectivity index (χ3v) is 4.92. The average molecular weight is 381 g/mol. The van der Waals surface area contributed by atoms with E-state index in [1.807, 2.05) is 47.4 Å². The molecular formula is C16H17ClN4OS2. The Labute approximate surface area is 154 Å². The van der Waals surface area contributed by atoms with Crippen molar-refractivity contribution in [3.63, 3.8) is 0 Å². The molecule has 0 aliphatic carbocycles. The predicted molar refractivity (Wildman–Crippen MR) is 100 cm³/mol. The van der Waals surface area contributed by atoms with E-state index in [9.17, 15) is 0 Å². The Bertz CT molecular complexity index is 873. The van der Waals surface area contributed by atoms with E-state index >= 15 is 0 Å². The van der Waals surface area contributed by atoms with Crippen molar-refractivity contribution in [2.75, 3.05) is 14.2 Å². The quantitative estimate of drug-likeness (QED) is 0.643. The van der Waals surface area contributed by atoms with Crippen LogP contribution in [0.15, 0.2) is 35.7 Å². The largest absolute Gasteiger partial charge is 0.496 e. The van der Waals surface area contributed by atoms with Crippen LogP contribution in [0.4, 0.5) is 0 Å². The molecular weight excluding hydrogens is 364 g/mol. The highest BCUT2D eigenvalue weighted by molar-refractivity contribution is 7.71. The number of rotatable bonds is 6. The number of aromatic amines is 1. The van der Waals surface area contributed by atoms with E-state index in [4.69, 9.17) is 28.6 Å². The molecule has 0 saturated heterocycles. The molecule has 0 unspecified atom stereocenters. The molecule has 0 bridgehead atoms. The zero-order chi connectivity index (χ0) is 17.1. The number of methoxy groups -OCH3 is 1. The highest BCUT2D eigenvalue weighted by Crippen LogP contribution is 2.24. The highest BCUT2D eigenvalue weighted by Gasteiger charge is 2.10. The van der Waals surface area contributed by atoms with Gasteiger partial charge in [0.2, 0.25) is 4.77 Å². The molecule has 0 atom stereocenters. The van der Waals surface area contributed by atoms with Crippen LogP contribution in [0.3, 0.4) is 0 Å². The number of hydrogen-bond donors (Lipinski definition) is 1. The number of halogens is 1. The second kappa shape index (κ2) is 7.48. The topological polar surface area (TPSA) is 46.1 Å². The molecule has 3 rings (SSSR count). The summed E-state index contributed by atoms with van der Waals surface area (Å²) in [5.41, 5.74) is 1.03. The minimum atomic E-state index is 0.531. The van der Waals surface area contributed by atoms with Crippen LogP contribution in [0, 0.1) is 4.77 Å². The summed E-state index contributed by atoms with van der Waals surface area (Å²) in [7, 11) is 3.67. The Morgan fingerprint density at radius 3 is 2.96 bits per heavy atom. The number of nitrogens with one attached hydrogen (secondary N) is 1. The maximum atomic E-state index is 6.09. The molecule has 126 valence electrons. The maximum Gasteiger partial charge on any atom is 0.217 e. The van der Waals surface area contributed by atoms with Gasteiger partial charge in [-0.15, -0.1) is 11.3 Å². The van der Waals surface area contributed by atoms with Crippen LogP contribution in [-0.2, 0) is 13.2 Å². The lowest BCUT2D eigenvalue weighted by molar-refractivity contribution is 0.241. The van der Waals surface area contributed by atoms with Crippen molar-refractivity contribution in [1.29, 1.82) is 0 Å². The SMILES string of the molecule is COc1ccc(Cl)cc1CN(C)Cn1[nH]c(-c2cccs2)nc1=S. The Kier molecular flexibility index (Phi) is 5.35. The van der Waals surface area contributed by atoms with Gasteiger partial charge in [0, 0.05) is 17.1 Å². The van der Waals surface area contributed by atoms with Crippen molar-refractivity contribution in [3.8, 4) is 16.5 Å². The molecule has 2 aromatic heterocycles. The van der Waals surface area contributed by atoms with E-state index in [1.54, 1.807) is 18.4 Å². The van der Waals surface area contributed by atoms with E-state index in [0.29, 0.717) is 23.0 Å². The van der Waals surface area contributed by atoms with Crippen molar-refractivity contribution in [2.45, 2.75) is 13.2 Å². The van der Waals surface area contributed by atoms with Crippen LogP contribution >= 0.6 is 35.2 Å². The standard InChI is InChI=1S/C16H17ClN4OS2/c1-20(9-11-8-12(17)5-6-13(11)22-2)10-21-16(23)18-15(19-21)14-4-3-7-24-14/h3-8H,9-10H2,1-2H3,(H,18,19,23). The van der Waals surface area contributed by atoms with Crippen molar-refractivity contribution in [2.24, 2.45) is 0 Å². The van der Waals surface area contributed by atoms with Crippen molar-refractivity contribution >= 4 is 35.2 Å². The molecule has 0 fully saturated rings. The first-order valence-corrected chi connectivity index (χ1v) is 8.95. The summed E-state index contributed by atoms with van der Waals surface area (Å²) in [6, 6.07) is 9.63. The molecule has 0 spiro atoms. The Morgan fingerprint density at radius 2 is 2.25 bits per heavy atom. The first-order chi connectivity index (χ1) is 11.6. The number of aromatic nitrogens is 3. The van der Waals surface area contributed by atoms with Gasteiger partial charge in [-0.2, -0.15) is 4.98 Å². The van der Waals surface area contributed by atoms with Gasteiger partial charge in [-0.25, -0.2) is 4.68 Å². The van der Waals surface area contributed by atoms with Crippen LogP contribution in [0.1, 0.15) is 5.56 Å². The first-order valence-electron chi connectivity index (χ1n) is 7.28. The van der Waals surface area contributed by atoms with Gasteiger partial charge in [-0.05, 0) is 48.9 Å². The fourth-order valence-electron chi connectivity index (χ4n) is 2.43. The van der Waals surface area contributed by atoms with Gasteiger partial charge in [-0.1, -0.05) is 17.7 Å². The molecule has 8 heteroatoms. The van der Waals surface area contributed by atoms with E-state index in [0.717, 1.165) is 22.0 Å². The first kappa shape index (κ1) is 17.2. The van der Waals surface area contributed by atoms with E-state index < -0.39 is 0 Å². The minimum Gasteiger partial charge on any atom is -0.496 e. The van der Waals surface area contributed by atoms with Gasteiger partial charge in [0.25, 0.3) is 0 Å². The van der Waals surface area contributed by atoms with Crippen LogP contribution in [0.5, 0.6) is 5.75 Å². The highest BCUT2D eigenvalue weighted by atomic mass is 35.5. The summed E-state index contributed by atoms with van der Waals surface area (Å²) >= 11 is 13.1. The number of hydrogen-bond acceptors (Lipinski definition) is 5. The summed E-state index contributed by atoms with van der Waals surface area (Å²) in [4.78, 5) is 7.60. The molecule has 3 aromatic rings. The van der Waals surface area contributed by atoms with Crippen LogP contribution in [0.2, 0.25) is 5.02 Å². The summed E-state index contributed by atoms with van der Waals surface area (Å²) in [5.74, 6) is 1.61. The molecule has 24 heavy (non-hydrogen) atoms. The van der Waals surface area contributed by atoms with Crippen molar-refractivity contribution < 1.29 is 4.74 Å². The third kappa shape index (κ3) is 3.87. The lowest BCUT2D eigenvalue weighted by Gasteiger charge is -2.18. The van der Waals surface area contributed by atoms with Gasteiger partial charge < -0.3 is 4.74 Å². The Morgan fingerprint density at radius 1 is 1.42 bits per heavy atom. The van der Waals surface area contributed by atoms with Crippen LogP contribution in [0.25, 0.3) is 10.7 Å². The molecule has 0 aliphatic heterocycles. The van der Waals surface area contributed by atoms with Crippen molar-refractivity contribution in [3.05, 3.63) is 51.1 Å². The zero-order valence-corrected chi connectivity index (χ0v) is 15.7. The molecule has 5 nitrogen and oxygen atoms in total. The van der Waals surface area contributed by atoms with Gasteiger partial charge in [-0.3, -0.25) is 10.00 Å². The molecule has 0 amide bonds. The smallest absolute Gasteiger partial charge is 0.217 e. The maximum absolute atomic E-state index is 6.09. The number of ether oxygens (including phenoxy) is 1. The van der Waals surface area contributed by atoms with E-state index in [-0.39, 0.29) is 0 Å². The zero-order valence-electron chi connectivity index (χ0n) is 13.3. The van der Waals surface area contributed by atoms with Gasteiger partial charge in [0.15, 0.2) is 5.82 Å². The minimum absolute atomic E-state index is 0.531. The summed E-state index contributed by atoms with van der Waals surface area (Å²) in [6.07, 6.45) is 0. The fourth-order valence-corrected chi connectivity index (χ4v) is 3.48. The molecule has 1 N–H and O–H groups in total.